The molecule has 3 aromatic rings. The standard InChI is InChI=1S/C19H18FN3O/c1-24-14-6-2-5-13(11-14)17-9-4-10-23(17)19-15-7-3-8-16(20)18(15)21-12-22-19/h2-3,5-8,11-12,17H,4,9-10H2,1H3. The molecule has 0 amide bonds. The van der Waals surface area contributed by atoms with Crippen molar-refractivity contribution in [2.24, 2.45) is 0 Å². The summed E-state index contributed by atoms with van der Waals surface area (Å²) >= 11 is 0. The van der Waals surface area contributed by atoms with Gasteiger partial charge in [0.05, 0.1) is 13.2 Å². The van der Waals surface area contributed by atoms with Gasteiger partial charge >= 0.3 is 0 Å². The summed E-state index contributed by atoms with van der Waals surface area (Å²) in [6, 6.07) is 13.4. The third-order valence-electron chi connectivity index (χ3n) is 4.60. The first kappa shape index (κ1) is 14.9. The highest BCUT2D eigenvalue weighted by Gasteiger charge is 2.28. The van der Waals surface area contributed by atoms with Crippen molar-refractivity contribution in [3.63, 3.8) is 0 Å². The lowest BCUT2D eigenvalue weighted by atomic mass is 10.0. The van der Waals surface area contributed by atoms with E-state index in [9.17, 15) is 4.39 Å². The minimum absolute atomic E-state index is 0.210. The minimum Gasteiger partial charge on any atom is -0.497 e. The molecule has 4 nitrogen and oxygen atoms in total. The molecule has 5 heteroatoms. The maximum atomic E-state index is 14.0. The van der Waals surface area contributed by atoms with E-state index in [1.54, 1.807) is 13.2 Å². The first-order chi connectivity index (χ1) is 11.8. The Labute approximate surface area is 139 Å². The Bertz CT molecular complexity index is 883. The number of benzene rings is 2. The molecule has 2 aromatic carbocycles. The van der Waals surface area contributed by atoms with E-state index >= 15 is 0 Å². The SMILES string of the molecule is COc1cccc(C2CCCN2c2ncnc3c(F)cccc23)c1. The predicted molar refractivity (Wildman–Crippen MR) is 91.8 cm³/mol. The number of halogens is 1. The average Bonchev–Trinajstić information content (AvgIpc) is 3.11. The van der Waals surface area contributed by atoms with Gasteiger partial charge in [0.2, 0.25) is 0 Å². The van der Waals surface area contributed by atoms with Crippen LogP contribution < -0.4 is 9.64 Å². The van der Waals surface area contributed by atoms with Crippen molar-refractivity contribution in [2.45, 2.75) is 18.9 Å². The van der Waals surface area contributed by atoms with Gasteiger partial charge in [-0.15, -0.1) is 0 Å². The summed E-state index contributed by atoms with van der Waals surface area (Å²) < 4.78 is 19.4. The van der Waals surface area contributed by atoms with Gasteiger partial charge in [-0.05, 0) is 42.7 Å². The topological polar surface area (TPSA) is 38.2 Å². The first-order valence-corrected chi connectivity index (χ1v) is 8.08. The van der Waals surface area contributed by atoms with Crippen LogP contribution in [-0.4, -0.2) is 23.6 Å². The zero-order valence-corrected chi connectivity index (χ0v) is 13.4. The number of methoxy groups -OCH3 is 1. The number of para-hydroxylation sites is 1. The van der Waals surface area contributed by atoms with Crippen molar-refractivity contribution >= 4 is 16.7 Å². The van der Waals surface area contributed by atoms with Crippen LogP contribution in [0.3, 0.4) is 0 Å². The fourth-order valence-electron chi connectivity index (χ4n) is 3.48. The Morgan fingerprint density at radius 3 is 2.92 bits per heavy atom. The molecule has 1 aliphatic heterocycles. The van der Waals surface area contributed by atoms with Crippen molar-refractivity contribution < 1.29 is 9.13 Å². The van der Waals surface area contributed by atoms with Crippen molar-refractivity contribution in [3.05, 3.63) is 60.2 Å². The maximum absolute atomic E-state index is 14.0. The van der Waals surface area contributed by atoms with Gasteiger partial charge in [0.1, 0.15) is 29.2 Å². The quantitative estimate of drug-likeness (QED) is 0.727. The van der Waals surface area contributed by atoms with E-state index in [4.69, 9.17) is 4.74 Å². The molecule has 24 heavy (non-hydrogen) atoms. The predicted octanol–water partition coefficient (Wildman–Crippen LogP) is 4.12. The summed E-state index contributed by atoms with van der Waals surface area (Å²) in [5.74, 6) is 1.33. The number of fused-ring (bicyclic) bond motifs is 1. The van der Waals surface area contributed by atoms with Gasteiger partial charge in [-0.2, -0.15) is 0 Å². The van der Waals surface area contributed by atoms with Crippen molar-refractivity contribution in [2.75, 3.05) is 18.6 Å². The second-order valence-corrected chi connectivity index (χ2v) is 5.96. The molecular formula is C19H18FN3O. The van der Waals surface area contributed by atoms with Crippen LogP contribution in [0.2, 0.25) is 0 Å². The summed E-state index contributed by atoms with van der Waals surface area (Å²) in [6.07, 6.45) is 3.55. The number of rotatable bonds is 3. The van der Waals surface area contributed by atoms with Gasteiger partial charge in [-0.1, -0.05) is 18.2 Å². The van der Waals surface area contributed by atoms with E-state index < -0.39 is 0 Å². The van der Waals surface area contributed by atoms with E-state index in [0.717, 1.165) is 36.3 Å². The van der Waals surface area contributed by atoms with Gasteiger partial charge < -0.3 is 9.64 Å². The molecule has 0 saturated carbocycles. The molecule has 1 saturated heterocycles. The molecule has 4 rings (SSSR count). The Hall–Kier alpha value is -2.69. The Balaban J connectivity index is 1.79. The molecule has 1 aromatic heterocycles. The Morgan fingerprint density at radius 2 is 2.04 bits per heavy atom. The molecule has 1 aliphatic rings. The van der Waals surface area contributed by atoms with Crippen molar-refractivity contribution in [3.8, 4) is 5.75 Å². The zero-order chi connectivity index (χ0) is 16.5. The van der Waals surface area contributed by atoms with Crippen LogP contribution in [0.1, 0.15) is 24.4 Å². The second-order valence-electron chi connectivity index (χ2n) is 5.96. The van der Waals surface area contributed by atoms with E-state index in [1.165, 1.54) is 18.0 Å². The summed E-state index contributed by atoms with van der Waals surface area (Å²) in [5.41, 5.74) is 1.56. The highest BCUT2D eigenvalue weighted by molar-refractivity contribution is 5.89. The lowest BCUT2D eigenvalue weighted by molar-refractivity contribution is 0.414. The van der Waals surface area contributed by atoms with Crippen LogP contribution in [0.25, 0.3) is 10.9 Å². The highest BCUT2D eigenvalue weighted by Crippen LogP contribution is 2.38. The zero-order valence-electron chi connectivity index (χ0n) is 13.4. The van der Waals surface area contributed by atoms with Gasteiger partial charge in [-0.25, -0.2) is 14.4 Å². The summed E-state index contributed by atoms with van der Waals surface area (Å²) in [6.45, 7) is 0.893. The van der Waals surface area contributed by atoms with E-state index in [0.29, 0.717) is 5.52 Å². The lowest BCUT2D eigenvalue weighted by Crippen LogP contribution is -2.24. The number of aromatic nitrogens is 2. The molecule has 1 unspecified atom stereocenters. The summed E-state index contributed by atoms with van der Waals surface area (Å²) in [5, 5.41) is 0.757. The second kappa shape index (κ2) is 6.07. The molecule has 0 radical (unpaired) electrons. The van der Waals surface area contributed by atoms with Gasteiger partial charge in [0.25, 0.3) is 0 Å². The normalized spacial score (nSPS) is 17.4. The molecule has 0 N–H and O–H groups in total. The highest BCUT2D eigenvalue weighted by atomic mass is 19.1. The molecule has 2 heterocycles. The maximum Gasteiger partial charge on any atom is 0.149 e. The molecule has 122 valence electrons. The molecule has 1 fully saturated rings. The Kier molecular flexibility index (Phi) is 3.76. The monoisotopic (exact) mass is 323 g/mol. The average molecular weight is 323 g/mol. The van der Waals surface area contributed by atoms with Gasteiger partial charge in [0, 0.05) is 11.9 Å². The molecule has 0 bridgehead atoms. The number of hydrogen-bond donors (Lipinski definition) is 0. The van der Waals surface area contributed by atoms with Crippen molar-refractivity contribution in [1.82, 2.24) is 9.97 Å². The van der Waals surface area contributed by atoms with Crippen LogP contribution in [0, 0.1) is 5.82 Å². The van der Waals surface area contributed by atoms with E-state index in [2.05, 4.69) is 27.0 Å². The summed E-state index contributed by atoms with van der Waals surface area (Å²) in [7, 11) is 1.67. The number of hydrogen-bond acceptors (Lipinski definition) is 4. The van der Waals surface area contributed by atoms with E-state index in [-0.39, 0.29) is 11.9 Å². The molecule has 0 aliphatic carbocycles. The molecule has 1 atom stereocenters. The minimum atomic E-state index is -0.312. The lowest BCUT2D eigenvalue weighted by Gasteiger charge is -2.27. The van der Waals surface area contributed by atoms with Crippen LogP contribution in [-0.2, 0) is 0 Å². The fraction of sp³-hybridized carbons (Fsp3) is 0.263. The van der Waals surface area contributed by atoms with Crippen LogP contribution in [0.4, 0.5) is 10.2 Å². The van der Waals surface area contributed by atoms with Gasteiger partial charge in [0.15, 0.2) is 0 Å². The third-order valence-corrected chi connectivity index (χ3v) is 4.60. The third kappa shape index (κ3) is 2.46. The summed E-state index contributed by atoms with van der Waals surface area (Å²) in [4.78, 5) is 10.8. The largest absolute Gasteiger partial charge is 0.497 e. The smallest absolute Gasteiger partial charge is 0.149 e. The van der Waals surface area contributed by atoms with Crippen LogP contribution in [0.5, 0.6) is 5.75 Å². The number of ether oxygens (including phenoxy) is 1. The van der Waals surface area contributed by atoms with E-state index in [1.807, 2.05) is 18.2 Å². The van der Waals surface area contributed by atoms with Gasteiger partial charge in [-0.3, -0.25) is 0 Å². The number of nitrogens with zero attached hydrogens (tertiary/aromatic N) is 3. The van der Waals surface area contributed by atoms with Crippen LogP contribution in [0.15, 0.2) is 48.8 Å². The first-order valence-electron chi connectivity index (χ1n) is 8.08. The fourth-order valence-corrected chi connectivity index (χ4v) is 3.48. The number of anilines is 1. The van der Waals surface area contributed by atoms with Crippen LogP contribution >= 0.6 is 0 Å². The van der Waals surface area contributed by atoms with Crippen molar-refractivity contribution in [1.29, 1.82) is 0 Å². The molecule has 0 spiro atoms. The molecular weight excluding hydrogens is 305 g/mol. The Morgan fingerprint density at radius 1 is 1.17 bits per heavy atom.